The van der Waals surface area contributed by atoms with Gasteiger partial charge in [0.25, 0.3) is 5.70 Å². The lowest BCUT2D eigenvalue weighted by Crippen LogP contribution is -2.22. The molecule has 0 saturated heterocycles. The van der Waals surface area contributed by atoms with Gasteiger partial charge >= 0.3 is 12.4 Å². The van der Waals surface area contributed by atoms with Crippen molar-refractivity contribution in [1.82, 2.24) is 0 Å². The molecule has 1 aliphatic rings. The third-order valence-electron chi connectivity index (χ3n) is 3.35. The number of hydrogen-bond acceptors (Lipinski definition) is 5. The van der Waals surface area contributed by atoms with Crippen LogP contribution in [0, 0.1) is 15.5 Å². The van der Waals surface area contributed by atoms with E-state index in [1.807, 2.05) is 0 Å². The molecule has 138 valence electrons. The molecule has 1 aromatic carbocycles. The molecule has 0 unspecified atom stereocenters. The van der Waals surface area contributed by atoms with Crippen LogP contribution >= 0.6 is 0 Å². The quantitative estimate of drug-likeness (QED) is 0.266. The Labute approximate surface area is 140 Å². The van der Waals surface area contributed by atoms with Gasteiger partial charge in [-0.1, -0.05) is 11.2 Å². The molecule has 2 rings (SSSR count). The predicted octanol–water partition coefficient (Wildman–Crippen LogP) is 4.13. The minimum absolute atomic E-state index is 0.154. The summed E-state index contributed by atoms with van der Waals surface area (Å²) >= 11 is 0. The Morgan fingerprint density at radius 1 is 1.08 bits per heavy atom. The Morgan fingerprint density at radius 2 is 1.69 bits per heavy atom. The van der Waals surface area contributed by atoms with Gasteiger partial charge in [0, 0.05) is 17.7 Å². The average molecular weight is 379 g/mol. The molecule has 0 amide bonds. The normalized spacial score (nSPS) is 17.2. The van der Waals surface area contributed by atoms with Crippen LogP contribution in [0.2, 0.25) is 0 Å². The maximum absolute atomic E-state index is 13.3. The monoisotopic (exact) mass is 379 g/mol. The molecule has 0 spiro atoms. The van der Waals surface area contributed by atoms with E-state index >= 15 is 0 Å². The largest absolute Gasteiger partial charge is 0.417 e. The number of alkyl halides is 6. The number of halogens is 6. The summed E-state index contributed by atoms with van der Waals surface area (Å²) in [5.74, 6) is 0. The van der Waals surface area contributed by atoms with Crippen molar-refractivity contribution in [3.8, 4) is 0 Å². The van der Waals surface area contributed by atoms with Gasteiger partial charge in [0.05, 0.1) is 21.8 Å². The first-order valence-electron chi connectivity index (χ1n) is 6.54. The lowest BCUT2D eigenvalue weighted by Gasteiger charge is -2.19. The van der Waals surface area contributed by atoms with Crippen molar-refractivity contribution >= 4 is 17.0 Å². The van der Waals surface area contributed by atoms with E-state index < -0.39 is 56.7 Å². The maximum Gasteiger partial charge on any atom is 0.417 e. The van der Waals surface area contributed by atoms with Gasteiger partial charge in [0.2, 0.25) is 0 Å². The van der Waals surface area contributed by atoms with Crippen LogP contribution in [-0.2, 0) is 12.4 Å². The predicted molar refractivity (Wildman–Crippen MR) is 76.4 cm³/mol. The van der Waals surface area contributed by atoms with Crippen molar-refractivity contribution in [2.24, 2.45) is 5.16 Å². The highest BCUT2D eigenvalue weighted by Crippen LogP contribution is 2.40. The van der Waals surface area contributed by atoms with Gasteiger partial charge in [-0.2, -0.15) is 26.3 Å². The molecule has 0 atom stereocenters. The van der Waals surface area contributed by atoms with Gasteiger partial charge in [0.1, 0.15) is 5.71 Å². The molecular weight excluding hydrogens is 372 g/mol. The van der Waals surface area contributed by atoms with E-state index in [1.165, 1.54) is 0 Å². The minimum Gasteiger partial charge on any atom is -0.410 e. The number of allylic oxidation sites excluding steroid dienone is 3. The highest BCUT2D eigenvalue weighted by molar-refractivity contribution is 6.61. The summed E-state index contributed by atoms with van der Waals surface area (Å²) in [6, 6.07) is 0.659. The van der Waals surface area contributed by atoms with Gasteiger partial charge in [-0.25, -0.2) is 0 Å². The van der Waals surface area contributed by atoms with Gasteiger partial charge < -0.3 is 5.21 Å². The van der Waals surface area contributed by atoms with Crippen LogP contribution in [-0.4, -0.2) is 21.6 Å². The molecule has 0 aromatic heterocycles. The molecule has 0 bridgehead atoms. The van der Waals surface area contributed by atoms with E-state index in [4.69, 9.17) is 10.6 Å². The summed E-state index contributed by atoms with van der Waals surface area (Å²) in [4.78, 5) is 9.86. The van der Waals surface area contributed by atoms with E-state index in [2.05, 4.69) is 5.16 Å². The van der Waals surface area contributed by atoms with E-state index in [0.717, 1.165) is 0 Å². The molecule has 1 aliphatic carbocycles. The molecule has 1 aromatic rings. The molecule has 0 aliphatic heterocycles. The van der Waals surface area contributed by atoms with E-state index in [1.54, 1.807) is 0 Å². The van der Waals surface area contributed by atoms with Crippen LogP contribution in [0.1, 0.15) is 16.7 Å². The molecule has 0 fully saturated rings. The molecule has 0 radical (unpaired) electrons. The lowest BCUT2D eigenvalue weighted by atomic mass is 9.88. The highest BCUT2D eigenvalue weighted by Gasteiger charge is 2.40. The van der Waals surface area contributed by atoms with E-state index in [0.29, 0.717) is 24.3 Å². The second kappa shape index (κ2) is 6.28. The fourth-order valence-electron chi connectivity index (χ4n) is 2.23. The SMILES string of the molecule is N=C1C=C([N+](=O)[O-])C=C(c2ccc(C(F)(F)F)cc2C(F)(F)F)/C1=N/O. The number of rotatable bonds is 2. The van der Waals surface area contributed by atoms with Crippen LogP contribution in [0.15, 0.2) is 41.2 Å². The first-order valence-corrected chi connectivity index (χ1v) is 6.54. The number of nitro groups is 1. The Bertz CT molecular complexity index is 881. The molecular formula is C14H7F6N3O3. The summed E-state index contributed by atoms with van der Waals surface area (Å²) in [6.07, 6.45) is -9.07. The molecule has 2 N–H and O–H groups in total. The van der Waals surface area contributed by atoms with E-state index in [-0.39, 0.29) is 6.07 Å². The van der Waals surface area contributed by atoms with Gasteiger partial charge in [-0.05, 0) is 17.7 Å². The van der Waals surface area contributed by atoms with Crippen molar-refractivity contribution in [2.45, 2.75) is 12.4 Å². The molecule has 6 nitrogen and oxygen atoms in total. The number of benzene rings is 1. The fraction of sp³-hybridized carbons (Fsp3) is 0.143. The third-order valence-corrected chi connectivity index (χ3v) is 3.35. The topological polar surface area (TPSA) is 99.6 Å². The first-order chi connectivity index (χ1) is 11.9. The van der Waals surface area contributed by atoms with Crippen LogP contribution < -0.4 is 0 Å². The Hall–Kier alpha value is -3.18. The Kier molecular flexibility index (Phi) is 4.62. The van der Waals surface area contributed by atoms with Gasteiger partial charge in [-0.3, -0.25) is 15.5 Å². The number of oxime groups is 1. The zero-order valence-electron chi connectivity index (χ0n) is 12.3. The highest BCUT2D eigenvalue weighted by atomic mass is 19.4. The zero-order chi connectivity index (χ0) is 19.9. The second-order valence-corrected chi connectivity index (χ2v) is 5.00. The third kappa shape index (κ3) is 3.58. The number of nitrogens with one attached hydrogen (secondary N) is 1. The van der Waals surface area contributed by atoms with Crippen LogP contribution in [0.5, 0.6) is 0 Å². The zero-order valence-corrected chi connectivity index (χ0v) is 12.3. The lowest BCUT2D eigenvalue weighted by molar-refractivity contribution is -0.418. The summed E-state index contributed by atoms with van der Waals surface area (Å²) in [5, 5.41) is 30.0. The second-order valence-electron chi connectivity index (χ2n) is 5.00. The first kappa shape index (κ1) is 19.1. The standard InChI is InChI=1S/C14H7F6N3O3/c15-13(16,17)6-1-2-8(10(3-6)14(18,19)20)9-4-7(23(25)26)5-11(21)12(9)22-24/h1-5,21,24H/b21-11?,22-12-. The Balaban J connectivity index is 2.79. The molecule has 0 heterocycles. The molecule has 26 heavy (non-hydrogen) atoms. The van der Waals surface area contributed by atoms with Crippen LogP contribution in [0.3, 0.4) is 0 Å². The van der Waals surface area contributed by atoms with Crippen molar-refractivity contribution in [1.29, 1.82) is 5.41 Å². The number of hydrogen-bond donors (Lipinski definition) is 2. The summed E-state index contributed by atoms with van der Waals surface area (Å²) < 4.78 is 77.9. The van der Waals surface area contributed by atoms with Gasteiger partial charge in [0.15, 0.2) is 0 Å². The molecule has 12 heteroatoms. The summed E-state index contributed by atoms with van der Waals surface area (Å²) in [6.45, 7) is 0. The smallest absolute Gasteiger partial charge is 0.410 e. The van der Waals surface area contributed by atoms with E-state index in [9.17, 15) is 36.5 Å². The van der Waals surface area contributed by atoms with Crippen LogP contribution in [0.4, 0.5) is 26.3 Å². The average Bonchev–Trinajstić information content (AvgIpc) is 2.51. The minimum atomic E-state index is -5.24. The molecule has 0 saturated carbocycles. The summed E-state index contributed by atoms with van der Waals surface area (Å²) in [7, 11) is 0. The number of nitrogens with zero attached hydrogens (tertiary/aromatic N) is 2. The van der Waals surface area contributed by atoms with Gasteiger partial charge in [-0.15, -0.1) is 0 Å². The van der Waals surface area contributed by atoms with Crippen LogP contribution in [0.25, 0.3) is 5.57 Å². The van der Waals surface area contributed by atoms with Crippen molar-refractivity contribution in [3.05, 3.63) is 62.9 Å². The Morgan fingerprint density at radius 3 is 2.15 bits per heavy atom. The summed E-state index contributed by atoms with van der Waals surface area (Å²) in [5.41, 5.74) is -7.22. The fourth-order valence-corrected chi connectivity index (χ4v) is 2.23. The van der Waals surface area contributed by atoms with Crippen molar-refractivity contribution in [2.75, 3.05) is 0 Å². The van der Waals surface area contributed by atoms with Crippen molar-refractivity contribution < 1.29 is 36.5 Å². The van der Waals surface area contributed by atoms with Crippen molar-refractivity contribution in [3.63, 3.8) is 0 Å². The maximum atomic E-state index is 13.3.